The minimum Gasteiger partial charge on any atom is -0.315 e. The molecule has 0 unspecified atom stereocenters. The van der Waals surface area contributed by atoms with E-state index in [9.17, 15) is 9.18 Å². The van der Waals surface area contributed by atoms with Crippen molar-refractivity contribution in [2.75, 3.05) is 6.54 Å². The van der Waals surface area contributed by atoms with Crippen LogP contribution < -0.4 is 10.9 Å². The summed E-state index contributed by atoms with van der Waals surface area (Å²) in [6.45, 7) is 4.72. The standard InChI is InChI=1S/C25H27FN2O/c1-2-15-27-19-23-7-4-21(5-8-23)13-16-28-17-14-22(18-25(28)29)6-3-20-9-11-24(26)12-10-20/h3-12,14,17-18,27H,2,13,15-16,19H2,1H3/b6-3+. The second-order valence-electron chi connectivity index (χ2n) is 7.12. The van der Waals surface area contributed by atoms with Crippen molar-refractivity contribution in [2.24, 2.45) is 0 Å². The minimum atomic E-state index is -0.257. The van der Waals surface area contributed by atoms with Gasteiger partial charge in [0.15, 0.2) is 0 Å². The van der Waals surface area contributed by atoms with Crippen molar-refractivity contribution in [1.29, 1.82) is 0 Å². The Balaban J connectivity index is 1.56. The van der Waals surface area contributed by atoms with E-state index in [0.717, 1.165) is 37.1 Å². The van der Waals surface area contributed by atoms with Crippen molar-refractivity contribution in [3.63, 3.8) is 0 Å². The SMILES string of the molecule is CCCNCc1ccc(CCn2ccc(/C=C/c3ccc(F)cc3)cc2=O)cc1. The number of pyridine rings is 1. The molecule has 150 valence electrons. The number of halogens is 1. The van der Waals surface area contributed by atoms with Crippen LogP contribution in [0.5, 0.6) is 0 Å². The van der Waals surface area contributed by atoms with E-state index in [0.29, 0.717) is 6.54 Å². The number of hydrogen-bond donors (Lipinski definition) is 1. The van der Waals surface area contributed by atoms with Crippen LogP contribution in [-0.2, 0) is 19.5 Å². The third-order valence-electron chi connectivity index (χ3n) is 4.78. The van der Waals surface area contributed by atoms with Crippen LogP contribution in [0, 0.1) is 5.82 Å². The summed E-state index contributed by atoms with van der Waals surface area (Å²) in [5.41, 5.74) is 4.20. The summed E-state index contributed by atoms with van der Waals surface area (Å²) in [6, 6.07) is 18.4. The van der Waals surface area contributed by atoms with Crippen LogP contribution in [0.4, 0.5) is 4.39 Å². The molecule has 1 aromatic heterocycles. The first-order chi connectivity index (χ1) is 14.1. The predicted molar refractivity (Wildman–Crippen MR) is 118 cm³/mol. The maximum Gasteiger partial charge on any atom is 0.251 e. The molecule has 0 aliphatic rings. The highest BCUT2D eigenvalue weighted by atomic mass is 19.1. The third-order valence-corrected chi connectivity index (χ3v) is 4.78. The first-order valence-corrected chi connectivity index (χ1v) is 10.1. The molecule has 0 fully saturated rings. The lowest BCUT2D eigenvalue weighted by atomic mass is 10.1. The number of aryl methyl sites for hydroxylation is 2. The normalized spacial score (nSPS) is 11.2. The van der Waals surface area contributed by atoms with Gasteiger partial charge in [0.2, 0.25) is 0 Å². The van der Waals surface area contributed by atoms with Crippen LogP contribution in [-0.4, -0.2) is 11.1 Å². The van der Waals surface area contributed by atoms with E-state index in [1.807, 2.05) is 24.4 Å². The molecule has 2 aromatic carbocycles. The van der Waals surface area contributed by atoms with Gasteiger partial charge in [0, 0.05) is 25.4 Å². The zero-order valence-corrected chi connectivity index (χ0v) is 16.8. The fourth-order valence-electron chi connectivity index (χ4n) is 3.06. The van der Waals surface area contributed by atoms with Crippen LogP contribution in [0.25, 0.3) is 12.2 Å². The lowest BCUT2D eigenvalue weighted by molar-refractivity contribution is 0.628. The Labute approximate surface area is 171 Å². The summed E-state index contributed by atoms with van der Waals surface area (Å²) < 4.78 is 14.7. The van der Waals surface area contributed by atoms with Crippen LogP contribution in [0.3, 0.4) is 0 Å². The monoisotopic (exact) mass is 390 g/mol. The van der Waals surface area contributed by atoms with Crippen molar-refractivity contribution < 1.29 is 4.39 Å². The molecule has 0 amide bonds. The molecule has 29 heavy (non-hydrogen) atoms. The van der Waals surface area contributed by atoms with E-state index >= 15 is 0 Å². The molecular formula is C25H27FN2O. The van der Waals surface area contributed by atoms with Crippen LogP contribution in [0.1, 0.15) is 35.6 Å². The molecule has 3 rings (SSSR count). The zero-order chi connectivity index (χ0) is 20.5. The van der Waals surface area contributed by atoms with Gasteiger partial charge in [-0.25, -0.2) is 4.39 Å². The van der Waals surface area contributed by atoms with Crippen molar-refractivity contribution in [3.05, 3.63) is 105 Å². The molecule has 1 N–H and O–H groups in total. The van der Waals surface area contributed by atoms with E-state index in [4.69, 9.17) is 0 Å². The van der Waals surface area contributed by atoms with Crippen molar-refractivity contribution in [2.45, 2.75) is 32.9 Å². The van der Waals surface area contributed by atoms with Gasteiger partial charge in [-0.2, -0.15) is 0 Å². The average Bonchev–Trinajstić information content (AvgIpc) is 2.74. The second kappa shape index (κ2) is 10.5. The van der Waals surface area contributed by atoms with Crippen LogP contribution in [0.2, 0.25) is 0 Å². The number of rotatable bonds is 9. The largest absolute Gasteiger partial charge is 0.315 e. The molecule has 0 radical (unpaired) electrons. The first kappa shape index (κ1) is 20.7. The van der Waals surface area contributed by atoms with Gasteiger partial charge < -0.3 is 9.88 Å². The number of nitrogens with one attached hydrogen (secondary N) is 1. The summed E-state index contributed by atoms with van der Waals surface area (Å²) >= 11 is 0. The molecule has 0 saturated heterocycles. The minimum absolute atomic E-state index is 0.0216. The predicted octanol–water partition coefficient (Wildman–Crippen LogP) is 4.90. The summed E-state index contributed by atoms with van der Waals surface area (Å²) in [7, 11) is 0. The average molecular weight is 391 g/mol. The molecule has 0 bridgehead atoms. The number of benzene rings is 2. The van der Waals surface area contributed by atoms with Gasteiger partial charge in [-0.3, -0.25) is 4.79 Å². The number of aromatic nitrogens is 1. The molecule has 0 aliphatic heterocycles. The maximum atomic E-state index is 13.0. The van der Waals surface area contributed by atoms with Crippen molar-refractivity contribution in [3.8, 4) is 0 Å². The van der Waals surface area contributed by atoms with E-state index in [1.165, 1.54) is 23.3 Å². The molecule has 0 aliphatic carbocycles. The van der Waals surface area contributed by atoms with Crippen molar-refractivity contribution >= 4 is 12.2 Å². The zero-order valence-electron chi connectivity index (χ0n) is 16.8. The van der Waals surface area contributed by atoms with Gasteiger partial charge in [0.1, 0.15) is 5.82 Å². The Morgan fingerprint density at radius 2 is 1.62 bits per heavy atom. The van der Waals surface area contributed by atoms with Gasteiger partial charge in [0.25, 0.3) is 5.56 Å². The topological polar surface area (TPSA) is 34.0 Å². The van der Waals surface area contributed by atoms with E-state index < -0.39 is 0 Å². The van der Waals surface area contributed by atoms with Gasteiger partial charge >= 0.3 is 0 Å². The highest BCUT2D eigenvalue weighted by Gasteiger charge is 2.00. The Bertz CT molecular complexity index is 989. The molecule has 3 aromatic rings. The number of nitrogens with zero attached hydrogens (tertiary/aromatic N) is 1. The van der Waals surface area contributed by atoms with Gasteiger partial charge in [0.05, 0.1) is 0 Å². The quantitative estimate of drug-likeness (QED) is 0.527. The number of hydrogen-bond acceptors (Lipinski definition) is 2. The molecule has 4 heteroatoms. The molecular weight excluding hydrogens is 363 g/mol. The molecule has 0 atom stereocenters. The van der Waals surface area contributed by atoms with E-state index in [-0.39, 0.29) is 11.4 Å². The summed E-state index contributed by atoms with van der Waals surface area (Å²) in [4.78, 5) is 12.4. The summed E-state index contributed by atoms with van der Waals surface area (Å²) in [6.07, 6.45) is 7.51. The first-order valence-electron chi connectivity index (χ1n) is 10.1. The highest BCUT2D eigenvalue weighted by molar-refractivity contribution is 5.69. The molecule has 0 spiro atoms. The van der Waals surface area contributed by atoms with E-state index in [1.54, 1.807) is 22.8 Å². The Morgan fingerprint density at radius 3 is 2.31 bits per heavy atom. The smallest absolute Gasteiger partial charge is 0.251 e. The summed E-state index contributed by atoms with van der Waals surface area (Å²) in [5.74, 6) is -0.257. The molecule has 3 nitrogen and oxygen atoms in total. The fourth-order valence-corrected chi connectivity index (χ4v) is 3.06. The van der Waals surface area contributed by atoms with Crippen LogP contribution in [0.15, 0.2) is 71.7 Å². The fraction of sp³-hybridized carbons (Fsp3) is 0.240. The van der Waals surface area contributed by atoms with Gasteiger partial charge in [-0.15, -0.1) is 0 Å². The van der Waals surface area contributed by atoms with Crippen molar-refractivity contribution in [1.82, 2.24) is 9.88 Å². The summed E-state index contributed by atoms with van der Waals surface area (Å²) in [5, 5.41) is 3.40. The second-order valence-corrected chi connectivity index (χ2v) is 7.12. The lowest BCUT2D eigenvalue weighted by Gasteiger charge is -2.08. The molecule has 0 saturated carbocycles. The third kappa shape index (κ3) is 6.54. The van der Waals surface area contributed by atoms with Crippen LogP contribution >= 0.6 is 0 Å². The Kier molecular flexibility index (Phi) is 7.54. The molecule has 1 heterocycles. The maximum absolute atomic E-state index is 13.0. The Morgan fingerprint density at radius 1 is 0.931 bits per heavy atom. The van der Waals surface area contributed by atoms with Gasteiger partial charge in [-0.1, -0.05) is 55.5 Å². The Hall–Kier alpha value is -2.98. The van der Waals surface area contributed by atoms with E-state index in [2.05, 4.69) is 36.5 Å². The van der Waals surface area contributed by atoms with Gasteiger partial charge in [-0.05, 0) is 59.8 Å². The highest BCUT2D eigenvalue weighted by Crippen LogP contribution is 2.09. The lowest BCUT2D eigenvalue weighted by Crippen LogP contribution is -2.19.